The maximum Gasteiger partial charge on any atom is 0.218 e. The molecule has 0 saturated carbocycles. The summed E-state index contributed by atoms with van der Waals surface area (Å²) in [5.74, 6) is 11.0. The van der Waals surface area contributed by atoms with Gasteiger partial charge in [0.25, 0.3) is 0 Å². The summed E-state index contributed by atoms with van der Waals surface area (Å²) in [7, 11) is 0. The van der Waals surface area contributed by atoms with Gasteiger partial charge < -0.3 is 27.0 Å². The number of nitrogens with one attached hydrogen (secondary N) is 3. The van der Waals surface area contributed by atoms with Crippen LogP contribution in [0, 0.1) is 22.4 Å². The van der Waals surface area contributed by atoms with Crippen LogP contribution in [0.15, 0.2) is 62.9 Å². The Balaban J connectivity index is 1.89. The monoisotopic (exact) mass is 498 g/mol. The van der Waals surface area contributed by atoms with Gasteiger partial charge in [-0.05, 0) is 60.9 Å². The summed E-state index contributed by atoms with van der Waals surface area (Å²) in [6.45, 7) is 1.02. The second-order valence-corrected chi connectivity index (χ2v) is 8.40. The number of rotatable bonds is 7. The molecule has 0 aliphatic carbocycles. The number of anilines is 2. The normalized spacial score (nSPS) is 16.0. The van der Waals surface area contributed by atoms with Gasteiger partial charge in [0.2, 0.25) is 5.84 Å². The molecule has 37 heavy (non-hydrogen) atoms. The van der Waals surface area contributed by atoms with Gasteiger partial charge in [-0.1, -0.05) is 0 Å². The number of hydrazone groups is 2. The van der Waals surface area contributed by atoms with Crippen molar-refractivity contribution < 1.29 is 5.11 Å². The highest BCUT2D eigenvalue weighted by atomic mass is 16.3. The lowest BCUT2D eigenvalue weighted by Crippen LogP contribution is -2.32. The van der Waals surface area contributed by atoms with Gasteiger partial charge in [-0.15, -0.1) is 10.2 Å². The molecule has 0 spiro atoms. The molecule has 13 nitrogen and oxygen atoms in total. The maximum absolute atomic E-state index is 9.96. The lowest BCUT2D eigenvalue weighted by molar-refractivity contribution is 0.266. The molecule has 2 heterocycles. The van der Waals surface area contributed by atoms with Crippen LogP contribution < -0.4 is 21.9 Å². The summed E-state index contributed by atoms with van der Waals surface area (Å²) >= 11 is 0. The van der Waals surface area contributed by atoms with E-state index in [1.54, 1.807) is 30.3 Å². The fourth-order valence-electron chi connectivity index (χ4n) is 4.52. The summed E-state index contributed by atoms with van der Waals surface area (Å²) in [5, 5.41) is 37.2. The van der Waals surface area contributed by atoms with Crippen LogP contribution in [0.4, 0.5) is 11.4 Å². The highest BCUT2D eigenvalue weighted by Crippen LogP contribution is 2.35. The molecule has 1 saturated heterocycles. The average molecular weight is 499 g/mol. The highest BCUT2D eigenvalue weighted by molar-refractivity contribution is 6.07. The van der Waals surface area contributed by atoms with Crippen molar-refractivity contribution in [2.45, 2.75) is 25.4 Å². The third-order valence-electron chi connectivity index (χ3n) is 6.33. The van der Waals surface area contributed by atoms with Crippen LogP contribution in [-0.2, 0) is 6.54 Å². The summed E-state index contributed by atoms with van der Waals surface area (Å²) < 4.78 is 0. The van der Waals surface area contributed by atoms with E-state index in [0.717, 1.165) is 36.1 Å². The molecule has 0 amide bonds. The van der Waals surface area contributed by atoms with Crippen molar-refractivity contribution in [3.05, 3.63) is 64.8 Å². The van der Waals surface area contributed by atoms with Crippen molar-refractivity contribution in [1.29, 1.82) is 16.3 Å². The summed E-state index contributed by atoms with van der Waals surface area (Å²) in [6, 6.07) is 14.4. The number of aliphatic hydroxyl groups excluding tert-OH is 1. The van der Waals surface area contributed by atoms with E-state index in [-0.39, 0.29) is 24.3 Å². The lowest BCUT2D eigenvalue weighted by atomic mass is 10.00. The van der Waals surface area contributed by atoms with E-state index < -0.39 is 0 Å². The number of aliphatic hydroxyl groups is 1. The standard InChI is InChI=1S/C24H26N12O/c25-11-14-3-5-16(6-4-14)30-12-15-8-20-19(9-18(15)23(32-26)33-27)22(36-7-1-2-17(36)13-37)10-21(31-20)24(34-28)35-29/h3-6,8-10,17,26,28,30,37H,1-2,7,12-13,27,29H2. The fraction of sp³-hybridized carbons (Fsp3) is 0.250. The number of nitriles is 1. The Labute approximate surface area is 212 Å². The number of aromatic nitrogens is 1. The molecule has 13 heteroatoms. The van der Waals surface area contributed by atoms with Crippen LogP contribution in [0.5, 0.6) is 0 Å². The van der Waals surface area contributed by atoms with Crippen LogP contribution in [0.3, 0.4) is 0 Å². The van der Waals surface area contributed by atoms with Crippen LogP contribution >= 0.6 is 0 Å². The minimum atomic E-state index is -0.0886. The van der Waals surface area contributed by atoms with E-state index in [2.05, 4.69) is 41.7 Å². The van der Waals surface area contributed by atoms with Gasteiger partial charge in [0.15, 0.2) is 5.84 Å². The van der Waals surface area contributed by atoms with Crippen LogP contribution in [0.1, 0.15) is 35.2 Å². The molecule has 1 unspecified atom stereocenters. The molecule has 1 aromatic heterocycles. The predicted octanol–water partition coefficient (Wildman–Crippen LogP) is 2.98. The molecule has 3 aromatic rings. The van der Waals surface area contributed by atoms with Crippen LogP contribution in [0.2, 0.25) is 0 Å². The van der Waals surface area contributed by atoms with Crippen LogP contribution in [0.25, 0.3) is 10.9 Å². The first-order valence-corrected chi connectivity index (χ1v) is 11.5. The summed E-state index contributed by atoms with van der Waals surface area (Å²) in [5.41, 5.74) is 19.3. The van der Waals surface area contributed by atoms with Crippen molar-refractivity contribution in [2.24, 2.45) is 32.1 Å². The van der Waals surface area contributed by atoms with Crippen molar-refractivity contribution in [3.8, 4) is 6.07 Å². The topological polar surface area (TPSA) is 221 Å². The number of fused-ring (bicyclic) bond motifs is 1. The Kier molecular flexibility index (Phi) is 7.60. The number of hydrogen-bond acceptors (Lipinski definition) is 11. The van der Waals surface area contributed by atoms with Gasteiger partial charge in [0, 0.05) is 35.4 Å². The Morgan fingerprint density at radius 1 is 1.14 bits per heavy atom. The van der Waals surface area contributed by atoms with E-state index in [1.807, 2.05) is 12.1 Å². The highest BCUT2D eigenvalue weighted by Gasteiger charge is 2.27. The van der Waals surface area contributed by atoms with E-state index in [0.29, 0.717) is 34.4 Å². The summed E-state index contributed by atoms with van der Waals surface area (Å²) in [4.78, 5) is 6.75. The number of pyridine rings is 1. The minimum absolute atomic E-state index is 0.0170. The first-order chi connectivity index (χ1) is 18.1. The quantitative estimate of drug-likeness (QED) is 0.0938. The van der Waals surface area contributed by atoms with Crippen molar-refractivity contribution >= 4 is 33.9 Å². The van der Waals surface area contributed by atoms with Gasteiger partial charge in [-0.2, -0.15) is 15.5 Å². The molecule has 0 bridgehead atoms. The second-order valence-electron chi connectivity index (χ2n) is 8.40. The van der Waals surface area contributed by atoms with E-state index in [4.69, 9.17) is 28.0 Å². The zero-order valence-corrected chi connectivity index (χ0v) is 19.9. The Morgan fingerprint density at radius 3 is 2.49 bits per heavy atom. The maximum atomic E-state index is 9.96. The molecule has 2 aromatic carbocycles. The Bertz CT molecular complexity index is 1420. The molecule has 0 radical (unpaired) electrons. The van der Waals surface area contributed by atoms with Gasteiger partial charge >= 0.3 is 0 Å². The molecule has 1 aliphatic rings. The number of amidine groups is 2. The zero-order valence-electron chi connectivity index (χ0n) is 19.9. The van der Waals surface area contributed by atoms with E-state index >= 15 is 0 Å². The summed E-state index contributed by atoms with van der Waals surface area (Å²) in [6.07, 6.45) is 1.73. The number of hydrogen-bond donors (Lipinski definition) is 6. The fourth-order valence-corrected chi connectivity index (χ4v) is 4.52. The van der Waals surface area contributed by atoms with Gasteiger partial charge in [0.1, 0.15) is 5.69 Å². The Morgan fingerprint density at radius 2 is 1.86 bits per heavy atom. The first kappa shape index (κ1) is 25.1. The van der Waals surface area contributed by atoms with Gasteiger partial charge in [-0.3, -0.25) is 0 Å². The molecule has 1 fully saturated rings. The number of benzene rings is 2. The average Bonchev–Trinajstić information content (AvgIpc) is 3.42. The molecule has 188 valence electrons. The number of nitrogens with two attached hydrogens (primary N) is 2. The third-order valence-corrected chi connectivity index (χ3v) is 6.33. The SMILES string of the molecule is N#Cc1ccc(NCc2cc3nc(C(N=N)=NN)cc(N4CCCC4CO)c3cc2C(N=N)=NN)cc1. The predicted molar refractivity (Wildman–Crippen MR) is 139 cm³/mol. The van der Waals surface area contributed by atoms with E-state index in [9.17, 15) is 5.11 Å². The minimum Gasteiger partial charge on any atom is -0.394 e. The van der Waals surface area contributed by atoms with Crippen molar-refractivity contribution in [3.63, 3.8) is 0 Å². The molecular weight excluding hydrogens is 472 g/mol. The Hall–Kier alpha value is -4.96. The molecule has 1 aliphatic heterocycles. The largest absolute Gasteiger partial charge is 0.394 e. The molecular formula is C24H26N12O. The molecule has 1 atom stereocenters. The molecule has 8 N–H and O–H groups in total. The van der Waals surface area contributed by atoms with Crippen LogP contribution in [-0.4, -0.2) is 41.0 Å². The zero-order chi connectivity index (χ0) is 26.4. The number of nitrogens with zero attached hydrogens (tertiary/aromatic N) is 7. The molecule has 4 rings (SSSR count). The third kappa shape index (κ3) is 5.04. The van der Waals surface area contributed by atoms with Crippen molar-refractivity contribution in [2.75, 3.05) is 23.4 Å². The van der Waals surface area contributed by atoms with Crippen molar-refractivity contribution in [1.82, 2.24) is 4.98 Å². The van der Waals surface area contributed by atoms with Gasteiger partial charge in [-0.25, -0.2) is 16.0 Å². The smallest absolute Gasteiger partial charge is 0.218 e. The second kappa shape index (κ2) is 11.2. The van der Waals surface area contributed by atoms with Gasteiger partial charge in [0.05, 0.1) is 29.8 Å². The first-order valence-electron chi connectivity index (χ1n) is 11.5. The van der Waals surface area contributed by atoms with E-state index in [1.165, 1.54) is 0 Å². The lowest BCUT2D eigenvalue weighted by Gasteiger charge is -2.27.